The minimum Gasteiger partial charge on any atom is -0.502 e. The molecule has 1 saturated heterocycles. The first-order valence-corrected chi connectivity index (χ1v) is 4.47. The topological polar surface area (TPSA) is 75.4 Å². The molecular weight excluding hydrogens is 203 g/mol. The SMILES string of the molecule is O=[N+]([O-])c1cc(F)cc(C2CNC2)c1O. The van der Waals surface area contributed by atoms with Crippen molar-refractivity contribution in [2.75, 3.05) is 13.1 Å². The van der Waals surface area contributed by atoms with Gasteiger partial charge in [-0.2, -0.15) is 0 Å². The van der Waals surface area contributed by atoms with Gasteiger partial charge >= 0.3 is 5.69 Å². The van der Waals surface area contributed by atoms with Crippen LogP contribution in [0.1, 0.15) is 11.5 Å². The Bertz CT molecular complexity index is 418. The van der Waals surface area contributed by atoms with Gasteiger partial charge in [-0.05, 0) is 6.07 Å². The summed E-state index contributed by atoms with van der Waals surface area (Å²) >= 11 is 0. The Morgan fingerprint density at radius 2 is 2.20 bits per heavy atom. The Morgan fingerprint density at radius 1 is 1.53 bits per heavy atom. The molecule has 80 valence electrons. The molecule has 0 aliphatic carbocycles. The van der Waals surface area contributed by atoms with Gasteiger partial charge in [-0.1, -0.05) is 0 Å². The number of rotatable bonds is 2. The van der Waals surface area contributed by atoms with Crippen molar-refractivity contribution in [3.05, 3.63) is 33.6 Å². The number of nitro groups is 1. The van der Waals surface area contributed by atoms with Crippen LogP contribution in [0.2, 0.25) is 0 Å². The molecule has 5 nitrogen and oxygen atoms in total. The van der Waals surface area contributed by atoms with Crippen molar-refractivity contribution in [2.24, 2.45) is 0 Å². The van der Waals surface area contributed by atoms with E-state index in [9.17, 15) is 19.6 Å². The molecule has 0 saturated carbocycles. The minimum absolute atomic E-state index is 0.0422. The number of benzene rings is 1. The molecule has 0 unspecified atom stereocenters. The van der Waals surface area contributed by atoms with Crippen molar-refractivity contribution in [3.8, 4) is 5.75 Å². The number of phenols is 1. The van der Waals surface area contributed by atoms with Gasteiger partial charge in [0.1, 0.15) is 5.82 Å². The second kappa shape index (κ2) is 3.47. The lowest BCUT2D eigenvalue weighted by Crippen LogP contribution is -2.39. The van der Waals surface area contributed by atoms with Gasteiger partial charge in [-0.15, -0.1) is 0 Å². The summed E-state index contributed by atoms with van der Waals surface area (Å²) < 4.78 is 13.1. The summed E-state index contributed by atoms with van der Waals surface area (Å²) in [5.41, 5.74) is -0.266. The molecule has 1 aromatic carbocycles. The molecule has 0 aromatic heterocycles. The summed E-state index contributed by atoms with van der Waals surface area (Å²) in [5.74, 6) is -1.16. The van der Waals surface area contributed by atoms with Crippen LogP contribution >= 0.6 is 0 Å². The highest BCUT2D eigenvalue weighted by Gasteiger charge is 2.27. The predicted octanol–water partition coefficient (Wildman–Crippen LogP) is 1.13. The number of phenolic OH excluding ortho intramolecular Hbond substituents is 1. The van der Waals surface area contributed by atoms with Crippen LogP contribution in [0, 0.1) is 15.9 Å². The first-order valence-electron chi connectivity index (χ1n) is 4.47. The molecule has 0 spiro atoms. The average Bonchev–Trinajstić information content (AvgIpc) is 2.07. The monoisotopic (exact) mass is 212 g/mol. The Kier molecular flexibility index (Phi) is 2.28. The van der Waals surface area contributed by atoms with E-state index in [-0.39, 0.29) is 5.92 Å². The normalized spacial score (nSPS) is 16.1. The third kappa shape index (κ3) is 1.63. The summed E-state index contributed by atoms with van der Waals surface area (Å²) in [6, 6.07) is 1.87. The number of nitro benzene ring substituents is 1. The summed E-state index contributed by atoms with van der Waals surface area (Å²) in [5, 5.41) is 23.1. The second-order valence-corrected chi connectivity index (χ2v) is 3.48. The maximum atomic E-state index is 13.1. The number of hydrogen-bond acceptors (Lipinski definition) is 4. The lowest BCUT2D eigenvalue weighted by molar-refractivity contribution is -0.386. The molecule has 15 heavy (non-hydrogen) atoms. The van der Waals surface area contributed by atoms with Gasteiger partial charge in [-0.25, -0.2) is 4.39 Å². The van der Waals surface area contributed by atoms with Gasteiger partial charge in [-0.3, -0.25) is 10.1 Å². The van der Waals surface area contributed by atoms with E-state index >= 15 is 0 Å². The van der Waals surface area contributed by atoms with Gasteiger partial charge in [0.25, 0.3) is 0 Å². The molecule has 1 fully saturated rings. The van der Waals surface area contributed by atoms with Gasteiger partial charge in [0.05, 0.1) is 11.0 Å². The lowest BCUT2D eigenvalue weighted by Gasteiger charge is -2.27. The van der Waals surface area contributed by atoms with Gasteiger partial charge in [0.15, 0.2) is 5.75 Å². The van der Waals surface area contributed by atoms with Crippen molar-refractivity contribution >= 4 is 5.69 Å². The number of nitrogens with zero attached hydrogens (tertiary/aromatic N) is 1. The Balaban J connectivity index is 2.49. The van der Waals surface area contributed by atoms with E-state index in [1.54, 1.807) is 0 Å². The van der Waals surface area contributed by atoms with E-state index in [0.717, 1.165) is 12.1 Å². The number of nitrogens with one attached hydrogen (secondary N) is 1. The third-order valence-electron chi connectivity index (χ3n) is 2.50. The fraction of sp³-hybridized carbons (Fsp3) is 0.333. The lowest BCUT2D eigenvalue weighted by atomic mass is 9.92. The molecule has 1 aliphatic heterocycles. The number of halogens is 1. The van der Waals surface area contributed by atoms with E-state index < -0.39 is 22.2 Å². The fourth-order valence-corrected chi connectivity index (χ4v) is 1.56. The summed E-state index contributed by atoms with van der Waals surface area (Å²) in [7, 11) is 0. The highest BCUT2D eigenvalue weighted by molar-refractivity contribution is 5.53. The predicted molar refractivity (Wildman–Crippen MR) is 50.3 cm³/mol. The standard InChI is InChI=1S/C9H9FN2O3/c10-6-1-7(5-3-11-4-5)9(13)8(2-6)12(14)15/h1-2,5,11,13H,3-4H2. The van der Waals surface area contributed by atoms with Crippen molar-refractivity contribution in [2.45, 2.75) is 5.92 Å². The van der Waals surface area contributed by atoms with E-state index in [2.05, 4.69) is 5.32 Å². The molecule has 6 heteroatoms. The van der Waals surface area contributed by atoms with Gasteiger partial charge < -0.3 is 10.4 Å². The summed E-state index contributed by atoms with van der Waals surface area (Å²) in [6.45, 7) is 1.21. The van der Waals surface area contributed by atoms with E-state index in [4.69, 9.17) is 0 Å². The molecule has 0 bridgehead atoms. The molecule has 0 radical (unpaired) electrons. The van der Waals surface area contributed by atoms with Crippen LogP contribution in [-0.4, -0.2) is 23.1 Å². The van der Waals surface area contributed by atoms with E-state index in [1.165, 1.54) is 0 Å². The van der Waals surface area contributed by atoms with Gasteiger partial charge in [0, 0.05) is 24.6 Å². The maximum Gasteiger partial charge on any atom is 0.313 e. The molecule has 1 aromatic rings. The van der Waals surface area contributed by atoms with Crippen LogP contribution in [0.15, 0.2) is 12.1 Å². The third-order valence-corrected chi connectivity index (χ3v) is 2.50. The van der Waals surface area contributed by atoms with Crippen LogP contribution in [-0.2, 0) is 0 Å². The summed E-state index contributed by atoms with van der Waals surface area (Å²) in [6.07, 6.45) is 0. The first kappa shape index (κ1) is 9.85. The van der Waals surface area contributed by atoms with E-state index in [0.29, 0.717) is 18.7 Å². The smallest absolute Gasteiger partial charge is 0.313 e. The zero-order valence-electron chi connectivity index (χ0n) is 7.74. The highest BCUT2D eigenvalue weighted by atomic mass is 19.1. The maximum absolute atomic E-state index is 13.1. The molecule has 2 N–H and O–H groups in total. The molecule has 0 atom stereocenters. The molecule has 1 heterocycles. The van der Waals surface area contributed by atoms with Gasteiger partial charge in [0.2, 0.25) is 0 Å². The van der Waals surface area contributed by atoms with Crippen LogP contribution < -0.4 is 5.32 Å². The average molecular weight is 212 g/mol. The first-order chi connectivity index (χ1) is 7.09. The van der Waals surface area contributed by atoms with Crippen molar-refractivity contribution in [1.82, 2.24) is 5.32 Å². The van der Waals surface area contributed by atoms with Crippen LogP contribution in [0.5, 0.6) is 5.75 Å². The highest BCUT2D eigenvalue weighted by Crippen LogP contribution is 2.36. The molecular formula is C9H9FN2O3. The summed E-state index contributed by atoms with van der Waals surface area (Å²) in [4.78, 5) is 9.73. The van der Waals surface area contributed by atoms with E-state index in [1.807, 2.05) is 0 Å². The number of aromatic hydroxyl groups is 1. The van der Waals surface area contributed by atoms with Crippen molar-refractivity contribution in [3.63, 3.8) is 0 Å². The molecule has 2 rings (SSSR count). The van der Waals surface area contributed by atoms with Crippen LogP contribution in [0.25, 0.3) is 0 Å². The molecule has 0 amide bonds. The molecule has 1 aliphatic rings. The fourth-order valence-electron chi connectivity index (χ4n) is 1.56. The Labute approximate surface area is 84.7 Å². The zero-order valence-corrected chi connectivity index (χ0v) is 7.74. The Morgan fingerprint density at radius 3 is 2.67 bits per heavy atom. The largest absolute Gasteiger partial charge is 0.502 e. The van der Waals surface area contributed by atoms with Crippen molar-refractivity contribution < 1.29 is 14.4 Å². The van der Waals surface area contributed by atoms with Crippen LogP contribution in [0.3, 0.4) is 0 Å². The second-order valence-electron chi connectivity index (χ2n) is 3.48. The van der Waals surface area contributed by atoms with Crippen molar-refractivity contribution in [1.29, 1.82) is 0 Å². The zero-order chi connectivity index (χ0) is 11.0. The minimum atomic E-state index is -0.784. The Hall–Kier alpha value is -1.69. The van der Waals surface area contributed by atoms with Crippen LogP contribution in [0.4, 0.5) is 10.1 Å². The number of hydrogen-bond donors (Lipinski definition) is 2. The quantitative estimate of drug-likeness (QED) is 0.569.